The Labute approximate surface area is 128 Å². The zero-order chi connectivity index (χ0) is 16.0. The van der Waals surface area contributed by atoms with E-state index < -0.39 is 5.91 Å². The predicted octanol–water partition coefficient (Wildman–Crippen LogP) is 0.494. The minimum Gasteiger partial charge on any atom is -0.397 e. The van der Waals surface area contributed by atoms with Crippen molar-refractivity contribution in [3.05, 3.63) is 23.0 Å². The summed E-state index contributed by atoms with van der Waals surface area (Å²) in [5, 5.41) is 0.0499. The lowest BCUT2D eigenvalue weighted by atomic mass is 10.2. The number of halogens is 1. The molecular weight excluding hydrogens is 296 g/mol. The molecule has 21 heavy (non-hydrogen) atoms. The number of carbonyl (C=O) groups excluding carboxylic acids is 2. The third-order valence-corrected chi connectivity index (χ3v) is 3.07. The number of pyridine rings is 1. The van der Waals surface area contributed by atoms with Crippen LogP contribution < -0.4 is 5.73 Å². The summed E-state index contributed by atoms with van der Waals surface area (Å²) in [6.45, 7) is 0.500. The Bertz CT molecular complexity index is 522. The molecule has 0 aliphatic rings. The summed E-state index contributed by atoms with van der Waals surface area (Å²) in [5.74, 6) is -0.612. The number of anilines is 1. The lowest BCUT2D eigenvalue weighted by Gasteiger charge is -2.24. The van der Waals surface area contributed by atoms with Crippen molar-refractivity contribution in [1.29, 1.82) is 0 Å². The van der Waals surface area contributed by atoms with Gasteiger partial charge < -0.3 is 20.3 Å². The smallest absolute Gasteiger partial charge is 0.257 e. The van der Waals surface area contributed by atoms with Crippen LogP contribution in [0.15, 0.2) is 12.3 Å². The third kappa shape index (κ3) is 4.87. The second kappa shape index (κ2) is 7.80. The van der Waals surface area contributed by atoms with E-state index in [-0.39, 0.29) is 29.7 Å². The molecule has 1 aromatic rings. The highest BCUT2D eigenvalue weighted by Crippen LogP contribution is 2.17. The van der Waals surface area contributed by atoms with Gasteiger partial charge in [0.05, 0.1) is 24.1 Å². The van der Waals surface area contributed by atoms with Gasteiger partial charge in [0.2, 0.25) is 5.91 Å². The average molecular weight is 315 g/mol. The predicted molar refractivity (Wildman–Crippen MR) is 80.1 cm³/mol. The van der Waals surface area contributed by atoms with Crippen LogP contribution in [0.1, 0.15) is 10.4 Å². The second-order valence-corrected chi connectivity index (χ2v) is 4.97. The first-order valence-electron chi connectivity index (χ1n) is 6.26. The first-order valence-corrected chi connectivity index (χ1v) is 6.64. The van der Waals surface area contributed by atoms with Crippen molar-refractivity contribution in [1.82, 2.24) is 14.8 Å². The van der Waals surface area contributed by atoms with Gasteiger partial charge in [-0.3, -0.25) is 9.59 Å². The normalized spacial score (nSPS) is 10.3. The van der Waals surface area contributed by atoms with Gasteiger partial charge >= 0.3 is 0 Å². The SMILES string of the molecule is COCCN(CC(=O)N(C)C)C(=O)c1cc(N)cnc1Cl. The van der Waals surface area contributed by atoms with Crippen molar-refractivity contribution in [3.8, 4) is 0 Å². The van der Waals surface area contributed by atoms with Crippen LogP contribution in [0.2, 0.25) is 5.15 Å². The summed E-state index contributed by atoms with van der Waals surface area (Å²) in [4.78, 5) is 30.9. The third-order valence-electron chi connectivity index (χ3n) is 2.77. The second-order valence-electron chi connectivity index (χ2n) is 4.61. The van der Waals surface area contributed by atoms with E-state index in [2.05, 4.69) is 4.98 Å². The molecule has 0 aromatic carbocycles. The van der Waals surface area contributed by atoms with Gasteiger partial charge in [0.25, 0.3) is 5.91 Å². The Balaban J connectivity index is 2.98. The molecule has 7 nitrogen and oxygen atoms in total. The van der Waals surface area contributed by atoms with Crippen LogP contribution in [0.3, 0.4) is 0 Å². The topological polar surface area (TPSA) is 88.8 Å². The lowest BCUT2D eigenvalue weighted by Crippen LogP contribution is -2.42. The van der Waals surface area contributed by atoms with Gasteiger partial charge in [0, 0.05) is 27.7 Å². The standard InChI is InChI=1S/C13H19ClN4O3/c1-17(2)11(19)8-18(4-5-21-3)13(20)10-6-9(15)7-16-12(10)14/h6-7H,4-5,8,15H2,1-3H3. The fourth-order valence-electron chi connectivity index (χ4n) is 1.54. The van der Waals surface area contributed by atoms with E-state index in [4.69, 9.17) is 22.1 Å². The Morgan fingerprint density at radius 1 is 1.43 bits per heavy atom. The average Bonchev–Trinajstić information content (AvgIpc) is 2.44. The summed E-state index contributed by atoms with van der Waals surface area (Å²) >= 11 is 5.93. The van der Waals surface area contributed by atoms with Gasteiger partial charge in [-0.05, 0) is 6.07 Å². The van der Waals surface area contributed by atoms with Crippen LogP contribution >= 0.6 is 11.6 Å². The molecule has 0 aliphatic heterocycles. The number of amides is 2. The van der Waals surface area contributed by atoms with E-state index in [1.807, 2.05) is 0 Å². The molecule has 1 rings (SSSR count). The molecule has 0 radical (unpaired) electrons. The molecule has 0 atom stereocenters. The van der Waals surface area contributed by atoms with Crippen LogP contribution in [0.5, 0.6) is 0 Å². The van der Waals surface area contributed by atoms with Gasteiger partial charge in [-0.1, -0.05) is 11.6 Å². The number of likely N-dealkylation sites (N-methyl/N-ethyl adjacent to an activating group) is 1. The molecular formula is C13H19ClN4O3. The van der Waals surface area contributed by atoms with Crippen molar-refractivity contribution in [2.24, 2.45) is 0 Å². The van der Waals surface area contributed by atoms with Crippen molar-refractivity contribution in [3.63, 3.8) is 0 Å². The maximum absolute atomic E-state index is 12.5. The molecule has 116 valence electrons. The summed E-state index contributed by atoms with van der Waals surface area (Å²) in [5.41, 5.74) is 6.12. The lowest BCUT2D eigenvalue weighted by molar-refractivity contribution is -0.129. The van der Waals surface area contributed by atoms with E-state index in [1.54, 1.807) is 14.1 Å². The molecule has 0 fully saturated rings. The van der Waals surface area contributed by atoms with Crippen LogP contribution in [0.25, 0.3) is 0 Å². The summed E-state index contributed by atoms with van der Waals surface area (Å²) in [7, 11) is 4.76. The summed E-state index contributed by atoms with van der Waals surface area (Å²) < 4.78 is 4.96. The van der Waals surface area contributed by atoms with E-state index in [9.17, 15) is 9.59 Å². The summed E-state index contributed by atoms with van der Waals surface area (Å²) in [6.07, 6.45) is 1.36. The molecule has 0 aliphatic carbocycles. The molecule has 1 aromatic heterocycles. The van der Waals surface area contributed by atoms with Gasteiger partial charge in [-0.25, -0.2) is 4.98 Å². The zero-order valence-corrected chi connectivity index (χ0v) is 13.1. The van der Waals surface area contributed by atoms with Gasteiger partial charge in [-0.2, -0.15) is 0 Å². The number of aromatic nitrogens is 1. The van der Waals surface area contributed by atoms with E-state index in [0.717, 1.165) is 0 Å². The Morgan fingerprint density at radius 3 is 2.67 bits per heavy atom. The molecule has 0 bridgehead atoms. The van der Waals surface area contributed by atoms with Gasteiger partial charge in [-0.15, -0.1) is 0 Å². The van der Waals surface area contributed by atoms with Crippen molar-refractivity contribution in [2.75, 3.05) is 46.6 Å². The summed E-state index contributed by atoms with van der Waals surface area (Å²) in [6, 6.07) is 1.44. The largest absolute Gasteiger partial charge is 0.397 e. The van der Waals surface area contributed by atoms with Crippen LogP contribution in [-0.2, 0) is 9.53 Å². The number of hydrogen-bond acceptors (Lipinski definition) is 5. The van der Waals surface area contributed by atoms with Crippen molar-refractivity contribution < 1.29 is 14.3 Å². The number of carbonyl (C=O) groups is 2. The number of hydrogen-bond donors (Lipinski definition) is 1. The van der Waals surface area contributed by atoms with Gasteiger partial charge in [0.15, 0.2) is 0 Å². The number of ether oxygens (including phenoxy) is 1. The quantitative estimate of drug-likeness (QED) is 0.772. The van der Waals surface area contributed by atoms with E-state index in [0.29, 0.717) is 12.3 Å². The van der Waals surface area contributed by atoms with Crippen LogP contribution in [0.4, 0.5) is 5.69 Å². The Hall–Kier alpha value is -1.86. The first kappa shape index (κ1) is 17.2. The van der Waals surface area contributed by atoms with Crippen LogP contribution in [-0.4, -0.2) is 67.5 Å². The maximum atomic E-state index is 12.5. The monoisotopic (exact) mass is 314 g/mol. The number of nitrogen functional groups attached to an aromatic ring is 1. The molecule has 0 unspecified atom stereocenters. The number of rotatable bonds is 6. The Morgan fingerprint density at radius 2 is 2.10 bits per heavy atom. The van der Waals surface area contributed by atoms with Crippen molar-refractivity contribution >= 4 is 29.1 Å². The fraction of sp³-hybridized carbons (Fsp3) is 0.462. The highest BCUT2D eigenvalue weighted by Gasteiger charge is 2.22. The van der Waals surface area contributed by atoms with Crippen molar-refractivity contribution in [2.45, 2.75) is 0 Å². The molecule has 2 amide bonds. The number of nitrogens with two attached hydrogens (primary N) is 1. The van der Waals surface area contributed by atoms with E-state index in [1.165, 1.54) is 29.2 Å². The Kier molecular flexibility index (Phi) is 6.39. The fourth-order valence-corrected chi connectivity index (χ4v) is 1.73. The zero-order valence-electron chi connectivity index (χ0n) is 12.3. The number of nitrogens with zero attached hydrogens (tertiary/aromatic N) is 3. The molecule has 1 heterocycles. The molecule has 0 saturated carbocycles. The van der Waals surface area contributed by atoms with Crippen LogP contribution in [0, 0.1) is 0 Å². The number of methoxy groups -OCH3 is 1. The molecule has 0 spiro atoms. The minimum atomic E-state index is -0.410. The van der Waals surface area contributed by atoms with E-state index >= 15 is 0 Å². The first-order chi connectivity index (χ1) is 9.86. The molecule has 2 N–H and O–H groups in total. The molecule has 8 heteroatoms. The minimum absolute atomic E-state index is 0.0499. The highest BCUT2D eigenvalue weighted by molar-refractivity contribution is 6.32. The maximum Gasteiger partial charge on any atom is 0.257 e. The van der Waals surface area contributed by atoms with Gasteiger partial charge in [0.1, 0.15) is 11.7 Å². The highest BCUT2D eigenvalue weighted by atomic mass is 35.5. The molecule has 0 saturated heterocycles.